The number of nitrogens with zero attached hydrogens (tertiary/aromatic N) is 2. The van der Waals surface area contributed by atoms with Gasteiger partial charge in [0.05, 0.1) is 12.6 Å². The molecule has 1 aliphatic heterocycles. The summed E-state index contributed by atoms with van der Waals surface area (Å²) in [6, 6.07) is 14.3. The van der Waals surface area contributed by atoms with E-state index >= 15 is 0 Å². The van der Waals surface area contributed by atoms with E-state index in [2.05, 4.69) is 27.0 Å². The van der Waals surface area contributed by atoms with Crippen LogP contribution in [0.25, 0.3) is 0 Å². The van der Waals surface area contributed by atoms with Crippen molar-refractivity contribution in [1.29, 1.82) is 0 Å². The van der Waals surface area contributed by atoms with Gasteiger partial charge < -0.3 is 10.6 Å². The number of benzene rings is 2. The summed E-state index contributed by atoms with van der Waals surface area (Å²) in [4.78, 5) is 6.44. The summed E-state index contributed by atoms with van der Waals surface area (Å²) < 4.78 is 1.04. The first-order valence-corrected chi connectivity index (χ1v) is 7.84. The minimum atomic E-state index is 0.0873. The number of hydrogen-bond acceptors (Lipinski definition) is 3. The van der Waals surface area contributed by atoms with E-state index < -0.39 is 0 Å². The Morgan fingerprint density at radius 1 is 1.24 bits per heavy atom. The maximum atomic E-state index is 6.25. The zero-order valence-electron chi connectivity index (χ0n) is 11.6. The largest absolute Gasteiger partial charge is 0.369 e. The van der Waals surface area contributed by atoms with Crippen LogP contribution in [0.1, 0.15) is 17.2 Å². The number of rotatable bonds is 2. The highest BCUT2D eigenvalue weighted by Crippen LogP contribution is 2.33. The SMILES string of the molecule is Cc1ccc(C2CN=C(N)N2c2ccc(Br)cc2)cc1Cl. The Bertz CT molecular complexity index is 697. The van der Waals surface area contributed by atoms with E-state index in [-0.39, 0.29) is 6.04 Å². The molecule has 0 aliphatic carbocycles. The van der Waals surface area contributed by atoms with Gasteiger partial charge in [0, 0.05) is 15.2 Å². The van der Waals surface area contributed by atoms with Gasteiger partial charge in [0.25, 0.3) is 0 Å². The molecule has 0 saturated carbocycles. The van der Waals surface area contributed by atoms with Gasteiger partial charge in [-0.25, -0.2) is 0 Å². The van der Waals surface area contributed by atoms with Gasteiger partial charge in [0.2, 0.25) is 0 Å². The molecule has 108 valence electrons. The van der Waals surface area contributed by atoms with Crippen LogP contribution in [0.3, 0.4) is 0 Å². The molecule has 3 nitrogen and oxygen atoms in total. The number of aryl methyl sites for hydroxylation is 1. The topological polar surface area (TPSA) is 41.6 Å². The minimum absolute atomic E-state index is 0.0873. The maximum Gasteiger partial charge on any atom is 0.196 e. The molecular formula is C16H15BrClN3. The van der Waals surface area contributed by atoms with E-state index in [4.69, 9.17) is 17.3 Å². The number of aliphatic imine (C=N–C) groups is 1. The molecule has 1 heterocycles. The summed E-state index contributed by atoms with van der Waals surface area (Å²) in [6.07, 6.45) is 0. The van der Waals surface area contributed by atoms with E-state index in [1.54, 1.807) is 0 Å². The van der Waals surface area contributed by atoms with Crippen LogP contribution >= 0.6 is 27.5 Å². The highest BCUT2D eigenvalue weighted by Gasteiger charge is 2.29. The van der Waals surface area contributed by atoms with E-state index in [0.717, 1.165) is 26.3 Å². The quantitative estimate of drug-likeness (QED) is 0.864. The molecule has 0 saturated heterocycles. The lowest BCUT2D eigenvalue weighted by molar-refractivity contribution is 0.768. The molecular weight excluding hydrogens is 350 g/mol. The number of hydrogen-bond donors (Lipinski definition) is 1. The van der Waals surface area contributed by atoms with Gasteiger partial charge in [-0.15, -0.1) is 0 Å². The lowest BCUT2D eigenvalue weighted by Gasteiger charge is -2.27. The van der Waals surface area contributed by atoms with Crippen molar-refractivity contribution in [2.45, 2.75) is 13.0 Å². The molecule has 2 aromatic carbocycles. The maximum absolute atomic E-state index is 6.25. The fraction of sp³-hybridized carbons (Fsp3) is 0.188. The molecule has 0 spiro atoms. The Labute approximate surface area is 137 Å². The summed E-state index contributed by atoms with van der Waals surface area (Å²) in [5.41, 5.74) is 9.30. The van der Waals surface area contributed by atoms with Crippen LogP contribution < -0.4 is 10.6 Å². The van der Waals surface area contributed by atoms with Crippen molar-refractivity contribution in [2.24, 2.45) is 10.7 Å². The molecule has 2 aromatic rings. The van der Waals surface area contributed by atoms with Crippen molar-refractivity contribution in [3.8, 4) is 0 Å². The Morgan fingerprint density at radius 3 is 2.62 bits per heavy atom. The summed E-state index contributed by atoms with van der Waals surface area (Å²) in [5.74, 6) is 0.541. The first kappa shape index (κ1) is 14.4. The monoisotopic (exact) mass is 363 g/mol. The van der Waals surface area contributed by atoms with Crippen LogP contribution in [0.5, 0.6) is 0 Å². The van der Waals surface area contributed by atoms with E-state index in [1.165, 1.54) is 0 Å². The van der Waals surface area contributed by atoms with Gasteiger partial charge in [-0.2, -0.15) is 0 Å². The zero-order valence-corrected chi connectivity index (χ0v) is 13.9. The molecule has 2 N–H and O–H groups in total. The summed E-state index contributed by atoms with van der Waals surface area (Å²) in [7, 11) is 0. The molecule has 21 heavy (non-hydrogen) atoms. The number of nitrogens with two attached hydrogens (primary N) is 1. The number of halogens is 2. The summed E-state index contributed by atoms with van der Waals surface area (Å²) in [6.45, 7) is 2.64. The van der Waals surface area contributed by atoms with Gasteiger partial charge in [0.15, 0.2) is 5.96 Å². The van der Waals surface area contributed by atoms with Gasteiger partial charge in [-0.3, -0.25) is 4.99 Å². The fourth-order valence-corrected chi connectivity index (χ4v) is 2.94. The highest BCUT2D eigenvalue weighted by molar-refractivity contribution is 9.10. The Balaban J connectivity index is 1.98. The van der Waals surface area contributed by atoms with Crippen LogP contribution in [-0.4, -0.2) is 12.5 Å². The number of anilines is 1. The molecule has 0 fully saturated rings. The lowest BCUT2D eigenvalue weighted by atomic mass is 10.0. The third-order valence-corrected chi connectivity index (χ3v) is 4.61. The Hall–Kier alpha value is -1.52. The first-order chi connectivity index (χ1) is 10.1. The van der Waals surface area contributed by atoms with E-state index in [1.807, 2.05) is 48.2 Å². The van der Waals surface area contributed by atoms with Gasteiger partial charge in [-0.05, 0) is 48.4 Å². The molecule has 1 unspecified atom stereocenters. The minimum Gasteiger partial charge on any atom is -0.369 e. The van der Waals surface area contributed by atoms with Crippen molar-refractivity contribution >= 4 is 39.2 Å². The third kappa shape index (κ3) is 2.78. The van der Waals surface area contributed by atoms with Crippen LogP contribution in [0.4, 0.5) is 5.69 Å². The Kier molecular flexibility index (Phi) is 3.91. The summed E-state index contributed by atoms with van der Waals surface area (Å²) >= 11 is 9.70. The van der Waals surface area contributed by atoms with Crippen molar-refractivity contribution in [3.63, 3.8) is 0 Å². The third-order valence-electron chi connectivity index (χ3n) is 3.67. The number of guanidine groups is 1. The second kappa shape index (κ2) is 5.70. The first-order valence-electron chi connectivity index (χ1n) is 6.67. The molecule has 0 amide bonds. The van der Waals surface area contributed by atoms with E-state index in [9.17, 15) is 0 Å². The zero-order chi connectivity index (χ0) is 15.0. The van der Waals surface area contributed by atoms with Crippen molar-refractivity contribution in [1.82, 2.24) is 0 Å². The normalized spacial score (nSPS) is 18.0. The molecule has 0 radical (unpaired) electrons. The van der Waals surface area contributed by atoms with E-state index in [0.29, 0.717) is 12.5 Å². The fourth-order valence-electron chi connectivity index (χ4n) is 2.48. The standard InChI is InChI=1S/C16H15BrClN3/c1-10-2-3-11(8-14(10)18)15-9-20-16(19)21(15)13-6-4-12(17)5-7-13/h2-8,15H,9H2,1H3,(H2,19,20). The van der Waals surface area contributed by atoms with Crippen LogP contribution in [0.15, 0.2) is 51.9 Å². The van der Waals surface area contributed by atoms with Gasteiger partial charge in [0.1, 0.15) is 0 Å². The predicted octanol–water partition coefficient (Wildman–Crippen LogP) is 4.29. The Morgan fingerprint density at radius 2 is 1.95 bits per heavy atom. The summed E-state index contributed by atoms with van der Waals surface area (Å²) in [5, 5.41) is 0.772. The van der Waals surface area contributed by atoms with Gasteiger partial charge >= 0.3 is 0 Å². The highest BCUT2D eigenvalue weighted by atomic mass is 79.9. The van der Waals surface area contributed by atoms with Crippen molar-refractivity contribution in [3.05, 3.63) is 63.1 Å². The lowest BCUT2D eigenvalue weighted by Crippen LogP contribution is -2.36. The smallest absolute Gasteiger partial charge is 0.196 e. The second-order valence-electron chi connectivity index (χ2n) is 5.07. The predicted molar refractivity (Wildman–Crippen MR) is 92.0 cm³/mol. The average Bonchev–Trinajstić information content (AvgIpc) is 2.85. The second-order valence-corrected chi connectivity index (χ2v) is 6.39. The van der Waals surface area contributed by atoms with Crippen molar-refractivity contribution in [2.75, 3.05) is 11.4 Å². The average molecular weight is 365 g/mol. The molecule has 1 aliphatic rings. The van der Waals surface area contributed by atoms with Crippen LogP contribution in [0.2, 0.25) is 5.02 Å². The van der Waals surface area contributed by atoms with Gasteiger partial charge in [-0.1, -0.05) is 39.7 Å². The molecule has 5 heteroatoms. The van der Waals surface area contributed by atoms with Crippen molar-refractivity contribution < 1.29 is 0 Å². The van der Waals surface area contributed by atoms with Crippen LogP contribution in [0, 0.1) is 6.92 Å². The van der Waals surface area contributed by atoms with Crippen LogP contribution in [-0.2, 0) is 0 Å². The molecule has 3 rings (SSSR count). The molecule has 0 bridgehead atoms. The molecule has 0 aromatic heterocycles. The molecule has 1 atom stereocenters.